The highest BCUT2D eigenvalue weighted by Gasteiger charge is 2.03. The van der Waals surface area contributed by atoms with Crippen molar-refractivity contribution >= 4 is 17.5 Å². The summed E-state index contributed by atoms with van der Waals surface area (Å²) in [6, 6.07) is 16.0. The van der Waals surface area contributed by atoms with Crippen LogP contribution in [0.4, 0.5) is 21.8 Å². The second kappa shape index (κ2) is 8.10. The Kier molecular flexibility index (Phi) is 5.41. The van der Waals surface area contributed by atoms with Gasteiger partial charge < -0.3 is 15.4 Å². The van der Waals surface area contributed by atoms with Gasteiger partial charge in [-0.05, 0) is 43.3 Å². The van der Waals surface area contributed by atoms with Crippen molar-refractivity contribution in [2.24, 2.45) is 0 Å². The molecule has 1 aromatic heterocycles. The standard InChI is InChI=1S/C19H19FN4O/c1-2-25-16-9-7-15(8-10-16)23-18-11-12-21-19(24-18)22-13-14-5-3-4-6-17(14)20/h3-12H,2,13H2,1H3,(H2,21,22,23,24). The molecule has 0 spiro atoms. The number of halogens is 1. The highest BCUT2D eigenvalue weighted by molar-refractivity contribution is 5.57. The van der Waals surface area contributed by atoms with Crippen molar-refractivity contribution in [2.45, 2.75) is 13.5 Å². The van der Waals surface area contributed by atoms with Crippen molar-refractivity contribution in [1.29, 1.82) is 0 Å². The number of anilines is 3. The smallest absolute Gasteiger partial charge is 0.224 e. The predicted octanol–water partition coefficient (Wildman–Crippen LogP) is 4.37. The fourth-order valence-corrected chi connectivity index (χ4v) is 2.28. The minimum Gasteiger partial charge on any atom is -0.494 e. The van der Waals surface area contributed by atoms with Crippen molar-refractivity contribution < 1.29 is 9.13 Å². The lowest BCUT2D eigenvalue weighted by Gasteiger charge is -2.09. The number of hydrogen-bond acceptors (Lipinski definition) is 5. The van der Waals surface area contributed by atoms with Crippen LogP contribution in [-0.2, 0) is 6.54 Å². The van der Waals surface area contributed by atoms with E-state index in [0.717, 1.165) is 11.4 Å². The molecule has 0 aliphatic heterocycles. The lowest BCUT2D eigenvalue weighted by Crippen LogP contribution is -2.06. The maximum absolute atomic E-state index is 13.6. The zero-order valence-corrected chi connectivity index (χ0v) is 13.9. The quantitative estimate of drug-likeness (QED) is 0.670. The molecule has 5 nitrogen and oxygen atoms in total. The molecule has 0 aliphatic carbocycles. The van der Waals surface area contributed by atoms with Crippen LogP contribution in [0.15, 0.2) is 60.8 Å². The molecule has 0 radical (unpaired) electrons. The zero-order chi connectivity index (χ0) is 17.5. The summed E-state index contributed by atoms with van der Waals surface area (Å²) in [7, 11) is 0. The van der Waals surface area contributed by atoms with Gasteiger partial charge in [0.05, 0.1) is 6.61 Å². The summed E-state index contributed by atoms with van der Waals surface area (Å²) in [5.41, 5.74) is 1.46. The molecule has 0 aliphatic rings. The van der Waals surface area contributed by atoms with Gasteiger partial charge in [0.1, 0.15) is 17.4 Å². The van der Waals surface area contributed by atoms with Crippen molar-refractivity contribution in [3.63, 3.8) is 0 Å². The average molecular weight is 338 g/mol. The molecule has 0 atom stereocenters. The Labute approximate surface area is 145 Å². The fraction of sp³-hybridized carbons (Fsp3) is 0.158. The molecule has 0 bridgehead atoms. The van der Waals surface area contributed by atoms with Gasteiger partial charge in [-0.2, -0.15) is 4.98 Å². The lowest BCUT2D eigenvalue weighted by molar-refractivity contribution is 0.340. The van der Waals surface area contributed by atoms with E-state index in [2.05, 4.69) is 20.6 Å². The Morgan fingerprint density at radius 1 is 1.04 bits per heavy atom. The minimum absolute atomic E-state index is 0.251. The second-order valence-electron chi connectivity index (χ2n) is 5.29. The average Bonchev–Trinajstić information content (AvgIpc) is 2.63. The summed E-state index contributed by atoms with van der Waals surface area (Å²) in [6.07, 6.45) is 1.65. The molecule has 0 unspecified atom stereocenters. The van der Waals surface area contributed by atoms with Gasteiger partial charge in [0, 0.05) is 24.0 Å². The van der Waals surface area contributed by atoms with Crippen LogP contribution in [0.3, 0.4) is 0 Å². The highest BCUT2D eigenvalue weighted by Crippen LogP contribution is 2.19. The summed E-state index contributed by atoms with van der Waals surface area (Å²) in [5.74, 6) is 1.65. The van der Waals surface area contributed by atoms with E-state index in [1.54, 1.807) is 30.5 Å². The molecular formula is C19H19FN4O. The van der Waals surface area contributed by atoms with Gasteiger partial charge in [0.15, 0.2) is 0 Å². The first-order valence-electron chi connectivity index (χ1n) is 8.05. The number of nitrogens with zero attached hydrogens (tertiary/aromatic N) is 2. The molecular weight excluding hydrogens is 319 g/mol. The van der Waals surface area contributed by atoms with Gasteiger partial charge in [-0.1, -0.05) is 18.2 Å². The van der Waals surface area contributed by atoms with E-state index < -0.39 is 0 Å². The molecule has 6 heteroatoms. The van der Waals surface area contributed by atoms with E-state index >= 15 is 0 Å². The van der Waals surface area contributed by atoms with Crippen LogP contribution in [0.5, 0.6) is 5.75 Å². The summed E-state index contributed by atoms with van der Waals surface area (Å²) >= 11 is 0. The molecule has 3 aromatic rings. The Morgan fingerprint density at radius 2 is 1.84 bits per heavy atom. The predicted molar refractivity (Wildman–Crippen MR) is 96.7 cm³/mol. The lowest BCUT2D eigenvalue weighted by atomic mass is 10.2. The third kappa shape index (κ3) is 4.67. The first-order valence-corrected chi connectivity index (χ1v) is 8.05. The fourth-order valence-electron chi connectivity index (χ4n) is 2.28. The Hall–Kier alpha value is -3.15. The van der Waals surface area contributed by atoms with Crippen LogP contribution in [-0.4, -0.2) is 16.6 Å². The van der Waals surface area contributed by atoms with Crippen LogP contribution >= 0.6 is 0 Å². The number of hydrogen-bond donors (Lipinski definition) is 2. The Morgan fingerprint density at radius 3 is 2.60 bits per heavy atom. The maximum atomic E-state index is 13.6. The van der Waals surface area contributed by atoms with Crippen molar-refractivity contribution in [2.75, 3.05) is 17.2 Å². The van der Waals surface area contributed by atoms with Crippen LogP contribution in [0.2, 0.25) is 0 Å². The summed E-state index contributed by atoms with van der Waals surface area (Å²) in [6.45, 7) is 2.90. The molecule has 1 heterocycles. The van der Waals surface area contributed by atoms with Gasteiger partial charge >= 0.3 is 0 Å². The Balaban J connectivity index is 1.64. The van der Waals surface area contributed by atoms with Gasteiger partial charge in [-0.25, -0.2) is 9.37 Å². The van der Waals surface area contributed by atoms with Crippen LogP contribution in [0.1, 0.15) is 12.5 Å². The largest absolute Gasteiger partial charge is 0.494 e. The SMILES string of the molecule is CCOc1ccc(Nc2ccnc(NCc3ccccc3F)n2)cc1. The molecule has 3 rings (SSSR count). The van der Waals surface area contributed by atoms with Crippen molar-refractivity contribution in [1.82, 2.24) is 9.97 Å². The van der Waals surface area contributed by atoms with Crippen molar-refractivity contribution in [3.05, 3.63) is 72.2 Å². The topological polar surface area (TPSA) is 59.1 Å². The second-order valence-corrected chi connectivity index (χ2v) is 5.29. The third-order valence-electron chi connectivity index (χ3n) is 3.49. The zero-order valence-electron chi connectivity index (χ0n) is 13.9. The van der Waals surface area contributed by atoms with E-state index in [9.17, 15) is 4.39 Å². The Bertz CT molecular complexity index is 824. The van der Waals surface area contributed by atoms with E-state index in [0.29, 0.717) is 30.5 Å². The van der Waals surface area contributed by atoms with Crippen molar-refractivity contribution in [3.8, 4) is 5.75 Å². The van der Waals surface area contributed by atoms with E-state index in [1.165, 1.54) is 6.07 Å². The molecule has 128 valence electrons. The molecule has 25 heavy (non-hydrogen) atoms. The van der Waals surface area contributed by atoms with Gasteiger partial charge in [0.2, 0.25) is 5.95 Å². The summed E-state index contributed by atoms with van der Waals surface area (Å²) < 4.78 is 19.1. The first kappa shape index (κ1) is 16.7. The summed E-state index contributed by atoms with van der Waals surface area (Å²) in [5, 5.41) is 6.23. The van der Waals surface area contributed by atoms with E-state index in [4.69, 9.17) is 4.74 Å². The normalized spacial score (nSPS) is 10.3. The molecule has 0 amide bonds. The van der Waals surface area contributed by atoms with Crippen LogP contribution in [0.25, 0.3) is 0 Å². The number of ether oxygens (including phenoxy) is 1. The molecule has 0 saturated heterocycles. The van der Waals surface area contributed by atoms with Crippen LogP contribution < -0.4 is 15.4 Å². The number of benzene rings is 2. The van der Waals surface area contributed by atoms with E-state index in [1.807, 2.05) is 31.2 Å². The van der Waals surface area contributed by atoms with E-state index in [-0.39, 0.29) is 5.82 Å². The van der Waals surface area contributed by atoms with Gasteiger partial charge in [0.25, 0.3) is 0 Å². The maximum Gasteiger partial charge on any atom is 0.224 e. The first-order chi connectivity index (χ1) is 12.2. The third-order valence-corrected chi connectivity index (χ3v) is 3.49. The van der Waals surface area contributed by atoms with Crippen LogP contribution in [0, 0.1) is 5.82 Å². The summed E-state index contributed by atoms with van der Waals surface area (Å²) in [4.78, 5) is 8.54. The highest BCUT2D eigenvalue weighted by atomic mass is 19.1. The monoisotopic (exact) mass is 338 g/mol. The number of rotatable bonds is 7. The van der Waals surface area contributed by atoms with Gasteiger partial charge in [-0.3, -0.25) is 0 Å². The number of aromatic nitrogens is 2. The molecule has 2 N–H and O–H groups in total. The minimum atomic E-state index is -0.251. The number of nitrogens with one attached hydrogen (secondary N) is 2. The molecule has 0 saturated carbocycles. The molecule has 0 fully saturated rings. The van der Waals surface area contributed by atoms with Gasteiger partial charge in [-0.15, -0.1) is 0 Å². The molecule has 2 aromatic carbocycles.